The molecule has 1 fully saturated rings. The second-order valence-electron chi connectivity index (χ2n) is 5.77. The number of amides is 1. The van der Waals surface area contributed by atoms with Crippen LogP contribution in [0.3, 0.4) is 0 Å². The predicted molar refractivity (Wildman–Crippen MR) is 78.6 cm³/mol. The maximum absolute atomic E-state index is 12.6. The summed E-state index contributed by atoms with van der Waals surface area (Å²) < 4.78 is 0. The van der Waals surface area contributed by atoms with Crippen LogP contribution in [0.4, 0.5) is 5.69 Å². The lowest BCUT2D eigenvalue weighted by Crippen LogP contribution is -2.48. The molecule has 2 aliphatic rings. The minimum atomic E-state index is -0.406. The SMILES string of the molecule is CC(C(=O)N1CCCC1)N1CCC(O)c2ccccc21. The van der Waals surface area contributed by atoms with Gasteiger partial charge in [-0.15, -0.1) is 0 Å². The summed E-state index contributed by atoms with van der Waals surface area (Å²) in [5, 5.41) is 10.1. The Hall–Kier alpha value is -1.55. The number of hydrogen-bond donors (Lipinski definition) is 1. The molecule has 4 nitrogen and oxygen atoms in total. The van der Waals surface area contributed by atoms with E-state index in [1.54, 1.807) is 0 Å². The van der Waals surface area contributed by atoms with Gasteiger partial charge in [-0.1, -0.05) is 18.2 Å². The number of benzene rings is 1. The largest absolute Gasteiger partial charge is 0.388 e. The van der Waals surface area contributed by atoms with Gasteiger partial charge in [0.15, 0.2) is 0 Å². The Kier molecular flexibility index (Phi) is 3.66. The molecule has 1 N–H and O–H groups in total. The first kappa shape index (κ1) is 13.4. The Morgan fingerprint density at radius 3 is 2.70 bits per heavy atom. The van der Waals surface area contributed by atoms with Gasteiger partial charge in [-0.2, -0.15) is 0 Å². The van der Waals surface area contributed by atoms with Crippen LogP contribution in [0.2, 0.25) is 0 Å². The fourth-order valence-electron chi connectivity index (χ4n) is 3.31. The van der Waals surface area contributed by atoms with Crippen LogP contribution in [0.5, 0.6) is 0 Å². The molecule has 2 aliphatic heterocycles. The quantitative estimate of drug-likeness (QED) is 0.896. The molecule has 0 saturated carbocycles. The van der Waals surface area contributed by atoms with Gasteiger partial charge in [0.05, 0.1) is 6.10 Å². The van der Waals surface area contributed by atoms with Crippen molar-refractivity contribution in [1.29, 1.82) is 0 Å². The molecule has 2 heterocycles. The van der Waals surface area contributed by atoms with E-state index in [1.807, 2.05) is 36.1 Å². The Morgan fingerprint density at radius 2 is 1.95 bits per heavy atom. The molecule has 1 aromatic rings. The van der Waals surface area contributed by atoms with Gasteiger partial charge >= 0.3 is 0 Å². The topological polar surface area (TPSA) is 43.8 Å². The van der Waals surface area contributed by atoms with E-state index in [9.17, 15) is 9.90 Å². The van der Waals surface area contributed by atoms with Crippen LogP contribution in [-0.4, -0.2) is 41.6 Å². The van der Waals surface area contributed by atoms with Crippen molar-refractivity contribution >= 4 is 11.6 Å². The average molecular weight is 274 g/mol. The van der Waals surface area contributed by atoms with Crippen molar-refractivity contribution < 1.29 is 9.90 Å². The van der Waals surface area contributed by atoms with Crippen LogP contribution in [0.15, 0.2) is 24.3 Å². The molecular formula is C16H22N2O2. The lowest BCUT2D eigenvalue weighted by molar-refractivity contribution is -0.131. The monoisotopic (exact) mass is 274 g/mol. The van der Waals surface area contributed by atoms with E-state index in [0.29, 0.717) is 6.42 Å². The van der Waals surface area contributed by atoms with Gasteiger partial charge in [0.2, 0.25) is 5.91 Å². The number of fused-ring (bicyclic) bond motifs is 1. The molecule has 108 valence electrons. The van der Waals surface area contributed by atoms with Crippen LogP contribution < -0.4 is 4.90 Å². The number of aliphatic hydroxyl groups excluding tert-OH is 1. The van der Waals surface area contributed by atoms with Crippen LogP contribution in [0.1, 0.15) is 37.9 Å². The smallest absolute Gasteiger partial charge is 0.244 e. The van der Waals surface area contributed by atoms with Gasteiger partial charge < -0.3 is 14.9 Å². The molecule has 0 aromatic heterocycles. The number of rotatable bonds is 2. The number of nitrogens with zero attached hydrogens (tertiary/aromatic N) is 2. The summed E-state index contributed by atoms with van der Waals surface area (Å²) in [4.78, 5) is 16.7. The molecule has 2 unspecified atom stereocenters. The summed E-state index contributed by atoms with van der Waals surface area (Å²) in [6, 6.07) is 7.72. The molecule has 1 aromatic carbocycles. The Labute approximate surface area is 120 Å². The summed E-state index contributed by atoms with van der Waals surface area (Å²) in [6.07, 6.45) is 2.52. The zero-order valence-electron chi connectivity index (χ0n) is 12.0. The maximum Gasteiger partial charge on any atom is 0.244 e. The predicted octanol–water partition coefficient (Wildman–Crippen LogP) is 1.94. The van der Waals surface area contributed by atoms with Crippen molar-refractivity contribution in [3.8, 4) is 0 Å². The van der Waals surface area contributed by atoms with E-state index in [4.69, 9.17) is 0 Å². The maximum atomic E-state index is 12.6. The van der Waals surface area contributed by atoms with Crippen LogP contribution in [0, 0.1) is 0 Å². The van der Waals surface area contributed by atoms with Gasteiger partial charge in [0, 0.05) is 30.9 Å². The third-order valence-corrected chi connectivity index (χ3v) is 4.49. The molecule has 4 heteroatoms. The van der Waals surface area contributed by atoms with Crippen molar-refractivity contribution in [2.75, 3.05) is 24.5 Å². The highest BCUT2D eigenvalue weighted by Gasteiger charge is 2.32. The Morgan fingerprint density at radius 1 is 1.25 bits per heavy atom. The highest BCUT2D eigenvalue weighted by atomic mass is 16.3. The van der Waals surface area contributed by atoms with Crippen molar-refractivity contribution in [3.05, 3.63) is 29.8 Å². The summed E-state index contributed by atoms with van der Waals surface area (Å²) in [7, 11) is 0. The second kappa shape index (κ2) is 5.44. The van der Waals surface area contributed by atoms with Crippen molar-refractivity contribution in [2.45, 2.75) is 38.3 Å². The molecule has 20 heavy (non-hydrogen) atoms. The molecule has 1 amide bonds. The van der Waals surface area contributed by atoms with Crippen LogP contribution in [-0.2, 0) is 4.79 Å². The van der Waals surface area contributed by atoms with E-state index in [0.717, 1.165) is 43.7 Å². The van der Waals surface area contributed by atoms with E-state index in [2.05, 4.69) is 4.90 Å². The van der Waals surface area contributed by atoms with E-state index in [-0.39, 0.29) is 11.9 Å². The molecule has 0 spiro atoms. The standard InChI is InChI=1S/C16H22N2O2/c1-12(16(20)17-9-4-5-10-17)18-11-8-15(19)13-6-2-3-7-14(13)18/h2-3,6-7,12,15,19H,4-5,8-11H2,1H3. The highest BCUT2D eigenvalue weighted by molar-refractivity contribution is 5.85. The lowest BCUT2D eigenvalue weighted by Gasteiger charge is -2.38. The Balaban J connectivity index is 1.83. The van der Waals surface area contributed by atoms with E-state index in [1.165, 1.54) is 0 Å². The number of para-hydroxylation sites is 1. The van der Waals surface area contributed by atoms with Crippen molar-refractivity contribution in [3.63, 3.8) is 0 Å². The minimum absolute atomic E-state index is 0.151. The summed E-state index contributed by atoms with van der Waals surface area (Å²) in [5.74, 6) is 0.216. The molecule has 3 rings (SSSR count). The summed E-state index contributed by atoms with van der Waals surface area (Å²) >= 11 is 0. The molecular weight excluding hydrogens is 252 g/mol. The van der Waals surface area contributed by atoms with E-state index >= 15 is 0 Å². The van der Waals surface area contributed by atoms with Gasteiger partial charge in [0.1, 0.15) is 6.04 Å². The van der Waals surface area contributed by atoms with Crippen LogP contribution in [0.25, 0.3) is 0 Å². The Bertz CT molecular complexity index is 497. The van der Waals surface area contributed by atoms with Crippen molar-refractivity contribution in [2.24, 2.45) is 0 Å². The first-order chi connectivity index (χ1) is 9.68. The number of carbonyl (C=O) groups excluding carboxylic acids is 1. The number of carbonyl (C=O) groups is 1. The second-order valence-corrected chi connectivity index (χ2v) is 5.77. The number of anilines is 1. The number of hydrogen-bond acceptors (Lipinski definition) is 3. The molecule has 2 atom stereocenters. The molecule has 0 radical (unpaired) electrons. The first-order valence-corrected chi connectivity index (χ1v) is 7.51. The van der Waals surface area contributed by atoms with Crippen molar-refractivity contribution in [1.82, 2.24) is 4.90 Å². The fourth-order valence-corrected chi connectivity index (χ4v) is 3.31. The molecule has 1 saturated heterocycles. The summed E-state index contributed by atoms with van der Waals surface area (Å²) in [6.45, 7) is 4.50. The van der Waals surface area contributed by atoms with Gasteiger partial charge in [-0.25, -0.2) is 0 Å². The zero-order chi connectivity index (χ0) is 14.1. The first-order valence-electron chi connectivity index (χ1n) is 7.51. The average Bonchev–Trinajstić information content (AvgIpc) is 3.01. The van der Waals surface area contributed by atoms with Gasteiger partial charge in [-0.05, 0) is 32.3 Å². The van der Waals surface area contributed by atoms with Gasteiger partial charge in [-0.3, -0.25) is 4.79 Å². The third kappa shape index (κ3) is 2.29. The fraction of sp³-hybridized carbons (Fsp3) is 0.562. The van der Waals surface area contributed by atoms with Crippen LogP contribution >= 0.6 is 0 Å². The lowest BCUT2D eigenvalue weighted by atomic mass is 9.97. The zero-order valence-corrected chi connectivity index (χ0v) is 12.0. The van der Waals surface area contributed by atoms with Gasteiger partial charge in [0.25, 0.3) is 0 Å². The molecule has 0 aliphatic carbocycles. The minimum Gasteiger partial charge on any atom is -0.388 e. The summed E-state index contributed by atoms with van der Waals surface area (Å²) in [5.41, 5.74) is 1.95. The van der Waals surface area contributed by atoms with E-state index < -0.39 is 6.10 Å². The molecule has 0 bridgehead atoms. The normalized spacial score (nSPS) is 23.6. The third-order valence-electron chi connectivity index (χ3n) is 4.49. The highest BCUT2D eigenvalue weighted by Crippen LogP contribution is 2.34. The number of aliphatic hydroxyl groups is 1. The number of likely N-dealkylation sites (tertiary alicyclic amines) is 1.